The molecule has 0 aliphatic heterocycles. The van der Waals surface area contributed by atoms with Crippen molar-refractivity contribution in [1.82, 2.24) is 0 Å². The third-order valence-corrected chi connectivity index (χ3v) is 23.1. The first-order valence-electron chi connectivity index (χ1n) is 12.5. The zero-order valence-corrected chi connectivity index (χ0v) is 23.2. The molecule has 2 nitrogen and oxygen atoms in total. The predicted molar refractivity (Wildman–Crippen MR) is 135 cm³/mol. The molecule has 1 aromatic carbocycles. The molecule has 0 spiro atoms. The second-order valence-corrected chi connectivity index (χ2v) is 22.7. The molecule has 0 aliphatic carbocycles. The molecule has 30 heavy (non-hydrogen) atoms. The van der Waals surface area contributed by atoms with Gasteiger partial charge >= 0.3 is 192 Å². The van der Waals surface area contributed by atoms with E-state index in [9.17, 15) is 0 Å². The van der Waals surface area contributed by atoms with Crippen LogP contribution in [0.25, 0.3) is 0 Å². The molecule has 0 saturated heterocycles. The van der Waals surface area contributed by atoms with Gasteiger partial charge in [0.25, 0.3) is 0 Å². The van der Waals surface area contributed by atoms with Crippen LogP contribution in [-0.4, -0.2) is 42.8 Å². The van der Waals surface area contributed by atoms with Crippen LogP contribution in [0.3, 0.4) is 0 Å². The van der Waals surface area contributed by atoms with E-state index in [0.29, 0.717) is 10.7 Å². The van der Waals surface area contributed by atoms with Crippen LogP contribution >= 0.6 is 0 Å². The second-order valence-electron chi connectivity index (χ2n) is 8.77. The van der Waals surface area contributed by atoms with Crippen molar-refractivity contribution >= 4 is 18.4 Å². The van der Waals surface area contributed by atoms with Crippen molar-refractivity contribution in [3.63, 3.8) is 0 Å². The third kappa shape index (κ3) is 11.3. The van der Waals surface area contributed by atoms with Crippen LogP contribution in [0, 0.1) is 0 Å². The van der Waals surface area contributed by atoms with Gasteiger partial charge < -0.3 is 0 Å². The Morgan fingerprint density at radius 3 is 2.00 bits per heavy atom. The van der Waals surface area contributed by atoms with Crippen molar-refractivity contribution < 1.29 is 9.47 Å². The Labute approximate surface area is 191 Å². The number of aryl methyl sites for hydroxylation is 1. The van der Waals surface area contributed by atoms with E-state index in [0.717, 1.165) is 19.4 Å². The summed E-state index contributed by atoms with van der Waals surface area (Å²) in [5, 5.41) is 0. The first kappa shape index (κ1) is 27.7. The summed E-state index contributed by atoms with van der Waals surface area (Å²) in [5.74, 6) is 0. The fraction of sp³-hybridized carbons (Fsp3) is 0.704. The standard InChI is InChI=1S/C15H21O2.3C4H9.Sn/c1-16-12-6-3-7-13-17-14-8-11-15-9-4-2-5-10-15;3*1-3-4-2;/h2-6,9-10,14H,7-8,11-13H2,1H3;3*1,3-4H2,2H3;/b6-3-;;;;. The van der Waals surface area contributed by atoms with Crippen molar-refractivity contribution in [3.05, 3.63) is 48.0 Å². The van der Waals surface area contributed by atoms with Crippen molar-refractivity contribution in [2.24, 2.45) is 0 Å². The molecule has 1 aromatic rings. The number of rotatable bonds is 19. The van der Waals surface area contributed by atoms with E-state index in [1.807, 2.05) is 0 Å². The summed E-state index contributed by atoms with van der Waals surface area (Å²) in [4.78, 5) is 0. The average molecular weight is 523 g/mol. The Balaban J connectivity index is 2.96. The zero-order valence-electron chi connectivity index (χ0n) is 20.3. The first-order chi connectivity index (χ1) is 14.7. The van der Waals surface area contributed by atoms with Gasteiger partial charge in [-0.25, -0.2) is 0 Å². The normalized spacial score (nSPS) is 13.2. The number of benzene rings is 1. The number of hydrogen-bond acceptors (Lipinski definition) is 2. The van der Waals surface area contributed by atoms with E-state index in [1.54, 1.807) is 7.11 Å². The summed E-state index contributed by atoms with van der Waals surface area (Å²) in [6, 6.07) is 11.0. The summed E-state index contributed by atoms with van der Waals surface area (Å²) in [5.41, 5.74) is 1.47. The Kier molecular flexibility index (Phi) is 16.9. The number of unbranched alkanes of at least 4 members (excludes halogenated alkanes) is 3. The molecule has 0 heterocycles. The minimum absolute atomic E-state index is 0.556. The molecule has 1 atom stereocenters. The van der Waals surface area contributed by atoms with Crippen LogP contribution in [0.15, 0.2) is 42.5 Å². The molecule has 1 rings (SSSR count). The molecular formula is C27H48O2Sn. The Hall–Kier alpha value is -0.321. The van der Waals surface area contributed by atoms with Gasteiger partial charge in [0.2, 0.25) is 0 Å². The number of methoxy groups -OCH3 is 1. The van der Waals surface area contributed by atoms with E-state index < -0.39 is 18.4 Å². The summed E-state index contributed by atoms with van der Waals surface area (Å²) in [7, 11) is 1.75. The molecule has 0 amide bonds. The molecule has 0 N–H and O–H groups in total. The zero-order chi connectivity index (χ0) is 21.9. The van der Waals surface area contributed by atoms with E-state index >= 15 is 0 Å². The van der Waals surface area contributed by atoms with Crippen molar-refractivity contribution in [2.45, 2.75) is 96.0 Å². The molecule has 172 valence electrons. The number of hydrogen-bond donors (Lipinski definition) is 0. The van der Waals surface area contributed by atoms with E-state index in [4.69, 9.17) is 9.47 Å². The molecule has 0 bridgehead atoms. The van der Waals surface area contributed by atoms with Crippen LogP contribution in [-0.2, 0) is 15.9 Å². The van der Waals surface area contributed by atoms with Crippen molar-refractivity contribution in [3.8, 4) is 0 Å². The van der Waals surface area contributed by atoms with Crippen molar-refractivity contribution in [1.29, 1.82) is 0 Å². The first-order valence-corrected chi connectivity index (χ1v) is 20.2. The Morgan fingerprint density at radius 1 is 0.867 bits per heavy atom. The van der Waals surface area contributed by atoms with Gasteiger partial charge in [0.05, 0.1) is 0 Å². The topological polar surface area (TPSA) is 18.5 Å². The Bertz CT molecular complexity index is 507. The van der Waals surface area contributed by atoms with E-state index in [-0.39, 0.29) is 0 Å². The second kappa shape index (κ2) is 18.3. The van der Waals surface area contributed by atoms with Gasteiger partial charge in [-0.1, -0.05) is 0 Å². The molecule has 0 unspecified atom stereocenters. The van der Waals surface area contributed by atoms with E-state index in [1.165, 1.54) is 63.8 Å². The molecular weight excluding hydrogens is 475 g/mol. The molecule has 0 radical (unpaired) electrons. The molecule has 0 fully saturated rings. The SMILES string of the molecule is CCC[CH2][Sn]([CH2]CCC)([CH2]CCC)[C@@H](CCc1ccccc1)OCC/C=C\COC. The van der Waals surface area contributed by atoms with Gasteiger partial charge in [-0.3, -0.25) is 0 Å². The molecule has 0 aromatic heterocycles. The van der Waals surface area contributed by atoms with Gasteiger partial charge in [0.1, 0.15) is 0 Å². The van der Waals surface area contributed by atoms with Crippen LogP contribution in [0.2, 0.25) is 13.3 Å². The van der Waals surface area contributed by atoms with Gasteiger partial charge in [-0.2, -0.15) is 0 Å². The van der Waals surface area contributed by atoms with Crippen molar-refractivity contribution in [2.75, 3.05) is 20.3 Å². The van der Waals surface area contributed by atoms with Crippen LogP contribution in [0.1, 0.15) is 77.7 Å². The summed E-state index contributed by atoms with van der Waals surface area (Å²) in [6.45, 7) is 8.64. The number of ether oxygens (including phenoxy) is 2. The minimum atomic E-state index is -2.42. The average Bonchev–Trinajstić information content (AvgIpc) is 2.78. The van der Waals surface area contributed by atoms with Gasteiger partial charge in [0.15, 0.2) is 0 Å². The predicted octanol–water partition coefficient (Wildman–Crippen LogP) is 7.99. The van der Waals surface area contributed by atoms with Gasteiger partial charge in [-0.15, -0.1) is 0 Å². The van der Waals surface area contributed by atoms with E-state index in [2.05, 4.69) is 63.3 Å². The monoisotopic (exact) mass is 524 g/mol. The fourth-order valence-corrected chi connectivity index (χ4v) is 22.0. The van der Waals surface area contributed by atoms with Crippen LogP contribution in [0.4, 0.5) is 0 Å². The van der Waals surface area contributed by atoms with Crippen LogP contribution < -0.4 is 0 Å². The summed E-state index contributed by atoms with van der Waals surface area (Å²) in [6.07, 6.45) is 15.9. The molecule has 3 heteroatoms. The Morgan fingerprint density at radius 2 is 1.47 bits per heavy atom. The van der Waals surface area contributed by atoms with Gasteiger partial charge in [0, 0.05) is 0 Å². The summed E-state index contributed by atoms with van der Waals surface area (Å²) >= 11 is -2.42. The fourth-order valence-electron chi connectivity index (χ4n) is 4.51. The molecule has 0 aliphatic rings. The van der Waals surface area contributed by atoms with Crippen LogP contribution in [0.5, 0.6) is 0 Å². The quantitative estimate of drug-likeness (QED) is 0.104. The maximum atomic E-state index is 6.80. The third-order valence-electron chi connectivity index (χ3n) is 6.34. The summed E-state index contributed by atoms with van der Waals surface area (Å²) < 4.78 is 17.0. The van der Waals surface area contributed by atoms with Gasteiger partial charge in [-0.05, 0) is 0 Å². The molecule has 0 saturated carbocycles. The maximum absolute atomic E-state index is 6.80.